The third-order valence-electron chi connectivity index (χ3n) is 3.71. The number of β-amino-alcohol motifs (C(OH)–C–C–N with tert-alkyl or cyclic N) is 1. The molecule has 1 aliphatic heterocycles. The Morgan fingerprint density at radius 1 is 1.39 bits per heavy atom. The second-order valence-electron chi connectivity index (χ2n) is 5.28. The molecule has 2 N–H and O–H groups in total. The third-order valence-corrected chi connectivity index (χ3v) is 3.71. The summed E-state index contributed by atoms with van der Waals surface area (Å²) in [6.07, 6.45) is 7.11. The van der Waals surface area contributed by atoms with Crippen LogP contribution in [0.15, 0.2) is 11.6 Å². The Morgan fingerprint density at radius 2 is 2.22 bits per heavy atom. The zero-order valence-corrected chi connectivity index (χ0v) is 11.2. The molecule has 4 nitrogen and oxygen atoms in total. The first kappa shape index (κ1) is 14.0. The lowest BCUT2D eigenvalue weighted by atomic mass is 10.1. The summed E-state index contributed by atoms with van der Waals surface area (Å²) in [6, 6.07) is 0. The van der Waals surface area contributed by atoms with E-state index < -0.39 is 0 Å². The number of rotatable bonds is 7. The van der Waals surface area contributed by atoms with Gasteiger partial charge in [-0.3, -0.25) is 4.90 Å². The zero-order valence-electron chi connectivity index (χ0n) is 11.2. The summed E-state index contributed by atoms with van der Waals surface area (Å²) in [5.74, 6) is 0. The number of aliphatic hydroxyl groups excluding tert-OH is 1. The molecule has 1 heterocycles. The Balaban J connectivity index is 1.49. The Bertz CT molecular complexity index is 263. The number of morpholine rings is 1. The lowest BCUT2D eigenvalue weighted by Crippen LogP contribution is -2.43. The van der Waals surface area contributed by atoms with E-state index in [4.69, 9.17) is 4.74 Å². The second-order valence-corrected chi connectivity index (χ2v) is 5.28. The number of ether oxygens (including phenoxy) is 1. The van der Waals surface area contributed by atoms with Crippen LogP contribution >= 0.6 is 0 Å². The van der Waals surface area contributed by atoms with Crippen LogP contribution in [-0.2, 0) is 4.74 Å². The highest BCUT2D eigenvalue weighted by Crippen LogP contribution is 2.19. The molecule has 0 aromatic rings. The van der Waals surface area contributed by atoms with Crippen molar-refractivity contribution in [2.45, 2.75) is 31.8 Å². The molecule has 0 amide bonds. The van der Waals surface area contributed by atoms with Crippen LogP contribution in [0.2, 0.25) is 0 Å². The minimum Gasteiger partial charge on any atom is -0.390 e. The summed E-state index contributed by atoms with van der Waals surface area (Å²) in [5, 5.41) is 13.3. The van der Waals surface area contributed by atoms with Crippen molar-refractivity contribution in [2.24, 2.45) is 0 Å². The fourth-order valence-electron chi connectivity index (χ4n) is 2.63. The van der Waals surface area contributed by atoms with Crippen LogP contribution in [-0.4, -0.2) is 62.0 Å². The molecule has 4 heteroatoms. The number of nitrogens with zero attached hydrogens (tertiary/aromatic N) is 1. The van der Waals surface area contributed by atoms with Gasteiger partial charge < -0.3 is 15.2 Å². The quantitative estimate of drug-likeness (QED) is 0.520. The maximum atomic E-state index is 9.93. The van der Waals surface area contributed by atoms with Crippen molar-refractivity contribution >= 4 is 0 Å². The molecule has 1 fully saturated rings. The molecule has 0 saturated carbocycles. The van der Waals surface area contributed by atoms with Gasteiger partial charge in [0.15, 0.2) is 0 Å². The van der Waals surface area contributed by atoms with E-state index in [2.05, 4.69) is 16.3 Å². The second kappa shape index (κ2) is 7.89. The molecule has 0 aromatic carbocycles. The Hall–Kier alpha value is -0.420. The number of hydrogen-bond acceptors (Lipinski definition) is 4. The van der Waals surface area contributed by atoms with Crippen molar-refractivity contribution in [2.75, 3.05) is 45.9 Å². The van der Waals surface area contributed by atoms with Crippen LogP contribution in [0.1, 0.15) is 25.7 Å². The highest BCUT2D eigenvalue weighted by atomic mass is 16.5. The van der Waals surface area contributed by atoms with Crippen molar-refractivity contribution < 1.29 is 9.84 Å². The van der Waals surface area contributed by atoms with Gasteiger partial charge in [-0.1, -0.05) is 11.6 Å². The highest BCUT2D eigenvalue weighted by Gasteiger charge is 2.14. The van der Waals surface area contributed by atoms with Gasteiger partial charge in [-0.15, -0.1) is 0 Å². The standard InChI is InChI=1S/C14H26N2O2/c17-14(12-16-7-9-18-10-8-16)11-15-6-5-13-3-1-2-4-13/h3,14-15,17H,1-2,4-12H2. The molecule has 1 saturated heterocycles. The van der Waals surface area contributed by atoms with Gasteiger partial charge in [0.25, 0.3) is 0 Å². The van der Waals surface area contributed by atoms with Crippen LogP contribution < -0.4 is 5.32 Å². The molecule has 1 aliphatic carbocycles. The van der Waals surface area contributed by atoms with E-state index >= 15 is 0 Å². The maximum absolute atomic E-state index is 9.93. The third kappa shape index (κ3) is 5.06. The Labute approximate surface area is 110 Å². The predicted octanol–water partition coefficient (Wildman–Crippen LogP) is 0.770. The van der Waals surface area contributed by atoms with Crippen molar-refractivity contribution in [3.63, 3.8) is 0 Å². The number of hydrogen-bond donors (Lipinski definition) is 2. The summed E-state index contributed by atoms with van der Waals surface area (Å²) >= 11 is 0. The Morgan fingerprint density at radius 3 is 2.94 bits per heavy atom. The van der Waals surface area contributed by atoms with Crippen molar-refractivity contribution in [3.8, 4) is 0 Å². The Kier molecular flexibility index (Phi) is 6.14. The summed E-state index contributed by atoms with van der Waals surface area (Å²) in [5.41, 5.74) is 1.59. The van der Waals surface area contributed by atoms with Gasteiger partial charge in [-0.05, 0) is 32.2 Å². The average Bonchev–Trinajstić information content (AvgIpc) is 2.89. The largest absolute Gasteiger partial charge is 0.390 e. The fraction of sp³-hybridized carbons (Fsp3) is 0.857. The first-order valence-electron chi connectivity index (χ1n) is 7.21. The summed E-state index contributed by atoms with van der Waals surface area (Å²) in [7, 11) is 0. The molecule has 0 aromatic heterocycles. The topological polar surface area (TPSA) is 44.7 Å². The van der Waals surface area contributed by atoms with Crippen LogP contribution in [0.4, 0.5) is 0 Å². The smallest absolute Gasteiger partial charge is 0.0791 e. The number of nitrogens with one attached hydrogen (secondary N) is 1. The van der Waals surface area contributed by atoms with E-state index in [1.165, 1.54) is 19.3 Å². The maximum Gasteiger partial charge on any atom is 0.0791 e. The van der Waals surface area contributed by atoms with E-state index in [0.717, 1.165) is 45.8 Å². The molecule has 0 spiro atoms. The van der Waals surface area contributed by atoms with Gasteiger partial charge in [-0.25, -0.2) is 0 Å². The minimum atomic E-state index is -0.263. The number of aliphatic hydroxyl groups is 1. The van der Waals surface area contributed by atoms with E-state index in [1.807, 2.05) is 0 Å². The molecule has 1 unspecified atom stereocenters. The van der Waals surface area contributed by atoms with Crippen LogP contribution in [0.25, 0.3) is 0 Å². The fourth-order valence-corrected chi connectivity index (χ4v) is 2.63. The normalized spacial score (nSPS) is 23.1. The molecule has 2 rings (SSSR count). The molecule has 104 valence electrons. The van der Waals surface area contributed by atoms with E-state index in [0.29, 0.717) is 6.54 Å². The lowest BCUT2D eigenvalue weighted by Gasteiger charge is -2.28. The van der Waals surface area contributed by atoms with Crippen LogP contribution in [0.3, 0.4) is 0 Å². The lowest BCUT2D eigenvalue weighted by molar-refractivity contribution is 0.0150. The first-order valence-corrected chi connectivity index (χ1v) is 7.21. The van der Waals surface area contributed by atoms with Crippen molar-refractivity contribution in [3.05, 3.63) is 11.6 Å². The van der Waals surface area contributed by atoms with Crippen LogP contribution in [0.5, 0.6) is 0 Å². The monoisotopic (exact) mass is 254 g/mol. The molecular formula is C14H26N2O2. The van der Waals surface area contributed by atoms with Gasteiger partial charge in [0, 0.05) is 26.2 Å². The van der Waals surface area contributed by atoms with E-state index in [9.17, 15) is 5.11 Å². The minimum absolute atomic E-state index is 0.263. The van der Waals surface area contributed by atoms with E-state index in [1.54, 1.807) is 5.57 Å². The zero-order chi connectivity index (χ0) is 12.6. The van der Waals surface area contributed by atoms with Crippen molar-refractivity contribution in [1.29, 1.82) is 0 Å². The van der Waals surface area contributed by atoms with Crippen LogP contribution in [0, 0.1) is 0 Å². The molecule has 0 radical (unpaired) electrons. The number of allylic oxidation sites excluding steroid dienone is 1. The molecule has 18 heavy (non-hydrogen) atoms. The SMILES string of the molecule is OC(CNCCC1=CCCC1)CN1CCOCC1. The molecule has 0 bridgehead atoms. The van der Waals surface area contributed by atoms with Gasteiger partial charge in [0.1, 0.15) is 0 Å². The molecular weight excluding hydrogens is 228 g/mol. The first-order chi connectivity index (χ1) is 8.84. The average molecular weight is 254 g/mol. The summed E-state index contributed by atoms with van der Waals surface area (Å²) in [4.78, 5) is 2.27. The van der Waals surface area contributed by atoms with Gasteiger partial charge in [0.2, 0.25) is 0 Å². The van der Waals surface area contributed by atoms with Gasteiger partial charge >= 0.3 is 0 Å². The summed E-state index contributed by atoms with van der Waals surface area (Å²) < 4.78 is 5.29. The summed E-state index contributed by atoms with van der Waals surface area (Å²) in [6.45, 7) is 5.95. The highest BCUT2D eigenvalue weighted by molar-refractivity contribution is 5.07. The van der Waals surface area contributed by atoms with Gasteiger partial charge in [-0.2, -0.15) is 0 Å². The molecule has 2 aliphatic rings. The predicted molar refractivity (Wildman–Crippen MR) is 72.7 cm³/mol. The van der Waals surface area contributed by atoms with E-state index in [-0.39, 0.29) is 6.10 Å². The molecule has 1 atom stereocenters. The van der Waals surface area contributed by atoms with Gasteiger partial charge in [0.05, 0.1) is 19.3 Å². The van der Waals surface area contributed by atoms with Crippen molar-refractivity contribution in [1.82, 2.24) is 10.2 Å².